The highest BCUT2D eigenvalue weighted by molar-refractivity contribution is 7.91. The van der Waals surface area contributed by atoms with Crippen molar-refractivity contribution in [3.05, 3.63) is 42.5 Å². The normalized spacial score (nSPS) is 20.7. The highest BCUT2D eigenvalue weighted by atomic mass is 32.2. The molecule has 1 aliphatic heterocycles. The van der Waals surface area contributed by atoms with E-state index in [2.05, 4.69) is 15.5 Å². The average molecular weight is 289 g/mol. The Kier molecular flexibility index (Phi) is 3.40. The molecule has 0 amide bonds. The van der Waals surface area contributed by atoms with Gasteiger partial charge in [-0.25, -0.2) is 8.42 Å². The molecule has 0 bridgehead atoms. The second kappa shape index (κ2) is 5.20. The fourth-order valence-corrected chi connectivity index (χ4v) is 3.96. The molecule has 1 atom stereocenters. The zero-order chi connectivity index (χ0) is 14.0. The molecule has 1 saturated heterocycles. The zero-order valence-electron chi connectivity index (χ0n) is 10.9. The van der Waals surface area contributed by atoms with Gasteiger partial charge in [0.1, 0.15) is 5.82 Å². The molecule has 1 N–H and O–H groups in total. The van der Waals surface area contributed by atoms with Crippen LogP contribution in [0.3, 0.4) is 0 Å². The Labute approximate surface area is 118 Å². The molecule has 0 aliphatic carbocycles. The summed E-state index contributed by atoms with van der Waals surface area (Å²) >= 11 is 0. The van der Waals surface area contributed by atoms with Gasteiger partial charge in [-0.3, -0.25) is 0 Å². The van der Waals surface area contributed by atoms with Gasteiger partial charge in [0.15, 0.2) is 9.84 Å². The van der Waals surface area contributed by atoms with Crippen LogP contribution in [0.15, 0.2) is 42.5 Å². The Hall–Kier alpha value is -1.95. The lowest BCUT2D eigenvalue weighted by Gasteiger charge is -2.10. The van der Waals surface area contributed by atoms with E-state index in [1.54, 1.807) is 0 Å². The predicted molar refractivity (Wildman–Crippen MR) is 78.1 cm³/mol. The van der Waals surface area contributed by atoms with E-state index in [4.69, 9.17) is 0 Å². The highest BCUT2D eigenvalue weighted by Gasteiger charge is 2.27. The summed E-state index contributed by atoms with van der Waals surface area (Å²) in [6, 6.07) is 13.5. The van der Waals surface area contributed by atoms with Crippen LogP contribution >= 0.6 is 0 Å². The first kappa shape index (κ1) is 13.1. The van der Waals surface area contributed by atoms with E-state index < -0.39 is 9.84 Å². The maximum atomic E-state index is 11.4. The summed E-state index contributed by atoms with van der Waals surface area (Å²) in [4.78, 5) is 0. The van der Waals surface area contributed by atoms with Gasteiger partial charge >= 0.3 is 0 Å². The van der Waals surface area contributed by atoms with Crippen molar-refractivity contribution in [1.82, 2.24) is 10.2 Å². The van der Waals surface area contributed by atoms with Gasteiger partial charge in [-0.05, 0) is 18.6 Å². The average Bonchev–Trinajstić information content (AvgIpc) is 2.80. The third kappa shape index (κ3) is 2.96. The maximum absolute atomic E-state index is 11.4. The van der Waals surface area contributed by atoms with Crippen LogP contribution in [0.25, 0.3) is 11.3 Å². The Bertz CT molecular complexity index is 684. The van der Waals surface area contributed by atoms with E-state index in [0.717, 1.165) is 11.3 Å². The van der Waals surface area contributed by atoms with Gasteiger partial charge in [0.25, 0.3) is 0 Å². The van der Waals surface area contributed by atoms with Crippen LogP contribution in [0.5, 0.6) is 0 Å². The van der Waals surface area contributed by atoms with Crippen LogP contribution in [0.2, 0.25) is 0 Å². The monoisotopic (exact) mass is 289 g/mol. The van der Waals surface area contributed by atoms with E-state index in [-0.39, 0.29) is 17.5 Å². The quantitative estimate of drug-likeness (QED) is 0.932. The Morgan fingerprint density at radius 1 is 1.05 bits per heavy atom. The number of aromatic nitrogens is 2. The maximum Gasteiger partial charge on any atom is 0.152 e. The van der Waals surface area contributed by atoms with Crippen molar-refractivity contribution < 1.29 is 8.42 Å². The molecule has 1 aliphatic rings. The van der Waals surface area contributed by atoms with E-state index in [9.17, 15) is 8.42 Å². The third-order valence-electron chi connectivity index (χ3n) is 3.32. The van der Waals surface area contributed by atoms with Crippen molar-refractivity contribution in [3.8, 4) is 11.3 Å². The number of anilines is 1. The van der Waals surface area contributed by atoms with Gasteiger partial charge in [0, 0.05) is 11.6 Å². The molecule has 20 heavy (non-hydrogen) atoms. The summed E-state index contributed by atoms with van der Waals surface area (Å²) in [6.45, 7) is 0. The number of rotatable bonds is 3. The van der Waals surface area contributed by atoms with Crippen LogP contribution in [0.1, 0.15) is 6.42 Å². The topological polar surface area (TPSA) is 72.0 Å². The number of hydrogen-bond acceptors (Lipinski definition) is 5. The van der Waals surface area contributed by atoms with Crippen molar-refractivity contribution >= 4 is 15.7 Å². The summed E-state index contributed by atoms with van der Waals surface area (Å²) in [5, 5.41) is 11.4. The summed E-state index contributed by atoms with van der Waals surface area (Å²) in [6.07, 6.45) is 0.629. The minimum Gasteiger partial charge on any atom is -0.365 e. The van der Waals surface area contributed by atoms with Crippen LogP contribution in [0, 0.1) is 0 Å². The van der Waals surface area contributed by atoms with Crippen molar-refractivity contribution in [3.63, 3.8) is 0 Å². The molecular formula is C14H15N3O2S. The number of sulfone groups is 1. The van der Waals surface area contributed by atoms with Gasteiger partial charge in [0.05, 0.1) is 17.2 Å². The molecule has 3 rings (SSSR count). The Morgan fingerprint density at radius 3 is 2.45 bits per heavy atom. The molecule has 1 fully saturated rings. The number of nitrogens with one attached hydrogen (secondary N) is 1. The first-order valence-electron chi connectivity index (χ1n) is 6.48. The van der Waals surface area contributed by atoms with Crippen molar-refractivity contribution in [2.45, 2.75) is 12.5 Å². The highest BCUT2D eigenvalue weighted by Crippen LogP contribution is 2.19. The van der Waals surface area contributed by atoms with Crippen LogP contribution in [0.4, 0.5) is 5.82 Å². The van der Waals surface area contributed by atoms with Gasteiger partial charge in [-0.2, -0.15) is 0 Å². The molecule has 1 aromatic carbocycles. The van der Waals surface area contributed by atoms with Gasteiger partial charge < -0.3 is 5.32 Å². The number of benzene rings is 1. The van der Waals surface area contributed by atoms with Gasteiger partial charge in [-0.15, -0.1) is 10.2 Å². The van der Waals surface area contributed by atoms with E-state index in [0.29, 0.717) is 12.2 Å². The minimum atomic E-state index is -2.88. The van der Waals surface area contributed by atoms with Crippen LogP contribution in [-0.2, 0) is 9.84 Å². The molecule has 1 unspecified atom stereocenters. The van der Waals surface area contributed by atoms with Crippen molar-refractivity contribution in [2.24, 2.45) is 0 Å². The molecule has 1 aromatic heterocycles. The summed E-state index contributed by atoms with van der Waals surface area (Å²) in [7, 11) is -2.88. The molecule has 0 saturated carbocycles. The molecule has 2 heterocycles. The van der Waals surface area contributed by atoms with E-state index in [1.165, 1.54) is 0 Å². The lowest BCUT2D eigenvalue weighted by Crippen LogP contribution is -2.21. The first-order valence-corrected chi connectivity index (χ1v) is 8.31. The fraction of sp³-hybridized carbons (Fsp3) is 0.286. The van der Waals surface area contributed by atoms with Crippen molar-refractivity contribution in [1.29, 1.82) is 0 Å². The van der Waals surface area contributed by atoms with E-state index >= 15 is 0 Å². The molecule has 104 valence electrons. The van der Waals surface area contributed by atoms with Crippen LogP contribution in [-0.4, -0.2) is 36.2 Å². The smallest absolute Gasteiger partial charge is 0.152 e. The molecule has 5 nitrogen and oxygen atoms in total. The molecule has 0 radical (unpaired) electrons. The van der Waals surface area contributed by atoms with Gasteiger partial charge in [-0.1, -0.05) is 30.3 Å². The minimum absolute atomic E-state index is 0.0584. The van der Waals surface area contributed by atoms with Crippen molar-refractivity contribution in [2.75, 3.05) is 16.8 Å². The fourth-order valence-electron chi connectivity index (χ4n) is 2.29. The summed E-state index contributed by atoms with van der Waals surface area (Å²) < 4.78 is 22.8. The van der Waals surface area contributed by atoms with Crippen LogP contribution < -0.4 is 5.32 Å². The SMILES string of the molecule is O=S1(=O)CCC(Nc2ccc(-c3ccccc3)nn2)C1. The molecular weight excluding hydrogens is 274 g/mol. The van der Waals surface area contributed by atoms with Gasteiger partial charge in [0.2, 0.25) is 0 Å². The standard InChI is InChI=1S/C14H15N3O2S/c18-20(19)9-8-12(10-20)15-14-7-6-13(16-17-14)11-4-2-1-3-5-11/h1-7,12H,8-10H2,(H,15,17). The Balaban J connectivity index is 1.71. The lowest BCUT2D eigenvalue weighted by molar-refractivity contribution is 0.602. The number of hydrogen-bond donors (Lipinski definition) is 1. The predicted octanol–water partition coefficient (Wildman–Crippen LogP) is 1.74. The second-order valence-electron chi connectivity index (χ2n) is 4.91. The molecule has 0 spiro atoms. The molecule has 6 heteroatoms. The lowest BCUT2D eigenvalue weighted by atomic mass is 10.1. The summed E-state index contributed by atoms with van der Waals surface area (Å²) in [5.74, 6) is 1.04. The third-order valence-corrected chi connectivity index (χ3v) is 5.09. The molecule has 2 aromatic rings. The summed E-state index contributed by atoms with van der Waals surface area (Å²) in [5.41, 5.74) is 1.81. The first-order chi connectivity index (χ1) is 9.62. The largest absolute Gasteiger partial charge is 0.365 e. The second-order valence-corrected chi connectivity index (χ2v) is 7.14. The Morgan fingerprint density at radius 2 is 1.85 bits per heavy atom. The van der Waals surface area contributed by atoms with E-state index in [1.807, 2.05) is 42.5 Å². The number of nitrogens with zero attached hydrogens (tertiary/aromatic N) is 2. The zero-order valence-corrected chi connectivity index (χ0v) is 11.7.